The number of carbonyl (C=O) groups excluding carboxylic acids is 2. The molecule has 0 aromatic heterocycles. The topological polar surface area (TPSA) is 54.4 Å². The van der Waals surface area contributed by atoms with Gasteiger partial charge in [0.2, 0.25) is 0 Å². The largest absolute Gasteiger partial charge is 0.506 e. The Labute approximate surface area is 87.4 Å². The van der Waals surface area contributed by atoms with E-state index < -0.39 is 11.6 Å². The summed E-state index contributed by atoms with van der Waals surface area (Å²) in [6.45, 7) is 6.61. The van der Waals surface area contributed by atoms with Crippen LogP contribution in [0, 0.1) is 0 Å². The predicted molar refractivity (Wildman–Crippen MR) is 57.2 cm³/mol. The molecule has 3 nitrogen and oxygen atoms in total. The van der Waals surface area contributed by atoms with Crippen LogP contribution in [0.3, 0.4) is 0 Å². The van der Waals surface area contributed by atoms with E-state index >= 15 is 0 Å². The van der Waals surface area contributed by atoms with E-state index in [0.717, 1.165) is 12.2 Å². The van der Waals surface area contributed by atoms with Crippen molar-refractivity contribution in [1.82, 2.24) is 0 Å². The molecule has 0 aliphatic rings. The maximum absolute atomic E-state index is 11.3. The summed E-state index contributed by atoms with van der Waals surface area (Å²) in [6.07, 6.45) is 2.16. The number of hydrogen-bond acceptors (Lipinski definition) is 3. The predicted octanol–water partition coefficient (Wildman–Crippen LogP) is 2.13. The molecule has 0 spiro atoms. The summed E-state index contributed by atoms with van der Waals surface area (Å²) in [5, 5.41) is 9.65. The van der Waals surface area contributed by atoms with E-state index in [9.17, 15) is 14.7 Å². The molecular formula is C12H10O3. The number of para-hydroxylation sites is 1. The van der Waals surface area contributed by atoms with Gasteiger partial charge in [-0.3, -0.25) is 9.59 Å². The van der Waals surface area contributed by atoms with Crippen molar-refractivity contribution in [3.63, 3.8) is 0 Å². The van der Waals surface area contributed by atoms with Crippen molar-refractivity contribution in [2.24, 2.45) is 0 Å². The molecule has 0 radical (unpaired) electrons. The molecule has 0 heterocycles. The molecule has 0 unspecified atom stereocenters. The van der Waals surface area contributed by atoms with Gasteiger partial charge >= 0.3 is 0 Å². The fourth-order valence-corrected chi connectivity index (χ4v) is 1.16. The average Bonchev–Trinajstić information content (AvgIpc) is 2.27. The molecule has 0 saturated heterocycles. The molecule has 0 fully saturated rings. The highest BCUT2D eigenvalue weighted by atomic mass is 16.3. The monoisotopic (exact) mass is 202 g/mol. The molecule has 0 aliphatic carbocycles. The van der Waals surface area contributed by atoms with Gasteiger partial charge in [0, 0.05) is 0 Å². The first-order valence-corrected chi connectivity index (χ1v) is 4.27. The van der Waals surface area contributed by atoms with Gasteiger partial charge in [0.25, 0.3) is 0 Å². The maximum Gasteiger partial charge on any atom is 0.188 e. The van der Waals surface area contributed by atoms with E-state index in [-0.39, 0.29) is 16.9 Å². The zero-order valence-electron chi connectivity index (χ0n) is 8.06. The molecule has 1 rings (SSSR count). The lowest BCUT2D eigenvalue weighted by Crippen LogP contribution is -2.00. The minimum Gasteiger partial charge on any atom is -0.506 e. The lowest BCUT2D eigenvalue weighted by molar-refractivity contribution is 0.104. The molecule has 0 saturated carbocycles. The lowest BCUT2D eigenvalue weighted by Gasteiger charge is -2.04. The van der Waals surface area contributed by atoms with Crippen LogP contribution in [0.25, 0.3) is 0 Å². The van der Waals surface area contributed by atoms with Crippen LogP contribution in [0.4, 0.5) is 0 Å². The van der Waals surface area contributed by atoms with Crippen LogP contribution < -0.4 is 0 Å². The summed E-state index contributed by atoms with van der Waals surface area (Å²) in [6, 6.07) is 4.38. The molecule has 0 bridgehead atoms. The molecule has 0 amide bonds. The van der Waals surface area contributed by atoms with E-state index in [1.807, 2.05) is 0 Å². The van der Waals surface area contributed by atoms with Gasteiger partial charge in [-0.1, -0.05) is 19.2 Å². The average molecular weight is 202 g/mol. The van der Waals surface area contributed by atoms with Gasteiger partial charge < -0.3 is 5.11 Å². The number of phenolic OH excluding ortho intramolecular Hbond substituents is 1. The van der Waals surface area contributed by atoms with Gasteiger partial charge in [-0.15, -0.1) is 0 Å². The van der Waals surface area contributed by atoms with E-state index in [1.165, 1.54) is 18.2 Å². The number of carbonyl (C=O) groups is 2. The molecule has 0 aliphatic heterocycles. The van der Waals surface area contributed by atoms with Gasteiger partial charge in [0.05, 0.1) is 11.1 Å². The Kier molecular flexibility index (Phi) is 3.18. The number of rotatable bonds is 4. The molecule has 1 aromatic carbocycles. The van der Waals surface area contributed by atoms with E-state index in [2.05, 4.69) is 13.2 Å². The van der Waals surface area contributed by atoms with Crippen molar-refractivity contribution in [3.8, 4) is 5.75 Å². The van der Waals surface area contributed by atoms with Crippen LogP contribution in [0.15, 0.2) is 43.5 Å². The van der Waals surface area contributed by atoms with Crippen molar-refractivity contribution in [3.05, 3.63) is 54.6 Å². The number of hydrogen-bond donors (Lipinski definition) is 1. The zero-order valence-corrected chi connectivity index (χ0v) is 8.06. The minimum atomic E-state index is -0.425. The molecule has 76 valence electrons. The van der Waals surface area contributed by atoms with Gasteiger partial charge in [0.1, 0.15) is 5.75 Å². The molecule has 15 heavy (non-hydrogen) atoms. The van der Waals surface area contributed by atoms with Crippen LogP contribution in [0.5, 0.6) is 5.75 Å². The summed E-state index contributed by atoms with van der Waals surface area (Å²) in [5.74, 6) is -1.18. The first-order chi connectivity index (χ1) is 7.11. The third kappa shape index (κ3) is 2.02. The Morgan fingerprint density at radius 3 is 1.80 bits per heavy atom. The second-order valence-electron chi connectivity index (χ2n) is 2.84. The molecule has 3 heteroatoms. The van der Waals surface area contributed by atoms with Crippen LogP contribution in [-0.2, 0) is 0 Å². The highest BCUT2D eigenvalue weighted by Crippen LogP contribution is 2.23. The van der Waals surface area contributed by atoms with Gasteiger partial charge in [-0.05, 0) is 24.3 Å². The smallest absolute Gasteiger partial charge is 0.188 e. The van der Waals surface area contributed by atoms with Gasteiger partial charge in [-0.25, -0.2) is 0 Å². The first kappa shape index (κ1) is 10.9. The van der Waals surface area contributed by atoms with Gasteiger partial charge in [-0.2, -0.15) is 0 Å². The van der Waals surface area contributed by atoms with E-state index in [4.69, 9.17) is 0 Å². The third-order valence-corrected chi connectivity index (χ3v) is 1.94. The minimum absolute atomic E-state index is 0.0673. The Morgan fingerprint density at radius 2 is 1.47 bits per heavy atom. The molecule has 0 atom stereocenters. The van der Waals surface area contributed by atoms with Crippen molar-refractivity contribution in [2.45, 2.75) is 0 Å². The quantitative estimate of drug-likeness (QED) is 0.601. The zero-order chi connectivity index (χ0) is 11.4. The third-order valence-electron chi connectivity index (χ3n) is 1.94. The Balaban J connectivity index is 3.34. The summed E-state index contributed by atoms with van der Waals surface area (Å²) < 4.78 is 0. The Morgan fingerprint density at radius 1 is 1.07 bits per heavy atom. The lowest BCUT2D eigenvalue weighted by atomic mass is 10.0. The van der Waals surface area contributed by atoms with Crippen LogP contribution in [0.1, 0.15) is 20.7 Å². The van der Waals surface area contributed by atoms with E-state index in [1.54, 1.807) is 0 Å². The summed E-state index contributed by atoms with van der Waals surface area (Å²) in [7, 11) is 0. The summed E-state index contributed by atoms with van der Waals surface area (Å²) >= 11 is 0. The SMILES string of the molecule is C=CC(=O)c1cccc(C(=O)C=C)c1O. The van der Waals surface area contributed by atoms with Crippen molar-refractivity contribution < 1.29 is 14.7 Å². The van der Waals surface area contributed by atoms with Crippen LogP contribution in [-0.4, -0.2) is 16.7 Å². The van der Waals surface area contributed by atoms with Crippen molar-refractivity contribution in [1.29, 1.82) is 0 Å². The normalized spacial score (nSPS) is 9.33. The highest BCUT2D eigenvalue weighted by molar-refractivity contribution is 6.12. The molecular weight excluding hydrogens is 192 g/mol. The summed E-state index contributed by atoms with van der Waals surface area (Å²) in [4.78, 5) is 22.6. The van der Waals surface area contributed by atoms with Crippen LogP contribution in [0.2, 0.25) is 0 Å². The Hall–Kier alpha value is -2.16. The summed E-state index contributed by atoms with van der Waals surface area (Å²) in [5.41, 5.74) is 0.135. The molecule has 1 aromatic rings. The van der Waals surface area contributed by atoms with Crippen molar-refractivity contribution in [2.75, 3.05) is 0 Å². The number of ketones is 2. The maximum atomic E-state index is 11.3. The Bertz CT molecular complexity index is 406. The van der Waals surface area contributed by atoms with E-state index in [0.29, 0.717) is 0 Å². The number of benzene rings is 1. The fraction of sp³-hybridized carbons (Fsp3) is 0. The van der Waals surface area contributed by atoms with Crippen molar-refractivity contribution >= 4 is 11.6 Å². The second kappa shape index (κ2) is 4.37. The fourth-order valence-electron chi connectivity index (χ4n) is 1.16. The number of phenols is 1. The number of aromatic hydroxyl groups is 1. The first-order valence-electron chi connectivity index (χ1n) is 4.27. The highest BCUT2D eigenvalue weighted by Gasteiger charge is 2.14. The second-order valence-corrected chi connectivity index (χ2v) is 2.84. The van der Waals surface area contributed by atoms with Gasteiger partial charge in [0.15, 0.2) is 11.6 Å². The number of allylic oxidation sites excluding steroid dienone is 2. The van der Waals surface area contributed by atoms with Crippen LogP contribution >= 0.6 is 0 Å². The standard InChI is InChI=1S/C12H10O3/c1-3-10(13)8-6-5-7-9(12(8)15)11(14)4-2/h3-7,15H,1-2H2. The molecule has 1 N–H and O–H groups in total.